The number of alkyl halides is 3. The molecule has 0 heterocycles. The number of thioether (sulfide) groups is 1. The lowest BCUT2D eigenvalue weighted by Crippen LogP contribution is -2.13. The van der Waals surface area contributed by atoms with Crippen LogP contribution in [0.5, 0.6) is 0 Å². The van der Waals surface area contributed by atoms with Gasteiger partial charge in [-0.2, -0.15) is 34.2 Å². The minimum absolute atomic E-state index is 0.460. The van der Waals surface area contributed by atoms with Crippen molar-refractivity contribution in [1.82, 2.24) is 0 Å². The molecule has 0 spiro atoms. The number of allylic oxidation sites excluding steroid dienone is 2. The fourth-order valence-corrected chi connectivity index (χ4v) is 2.23. The molecule has 0 saturated heterocycles. The van der Waals surface area contributed by atoms with E-state index >= 15 is 0 Å². The van der Waals surface area contributed by atoms with Crippen molar-refractivity contribution in [3.8, 4) is 24.3 Å². The van der Waals surface area contributed by atoms with Crippen molar-refractivity contribution in [3.63, 3.8) is 0 Å². The van der Waals surface area contributed by atoms with Gasteiger partial charge in [-0.15, -0.1) is 0 Å². The highest BCUT2D eigenvalue weighted by atomic mass is 32.2. The van der Waals surface area contributed by atoms with Crippen molar-refractivity contribution in [2.75, 3.05) is 0 Å². The summed E-state index contributed by atoms with van der Waals surface area (Å²) in [4.78, 5) is 0. The molecule has 0 unspecified atom stereocenters. The van der Waals surface area contributed by atoms with E-state index in [4.69, 9.17) is 21.0 Å². The number of halogens is 3. The number of hydrogen-bond donors (Lipinski definition) is 0. The van der Waals surface area contributed by atoms with Crippen molar-refractivity contribution in [3.05, 3.63) is 22.3 Å². The van der Waals surface area contributed by atoms with Crippen molar-refractivity contribution >= 4 is 11.8 Å². The number of nitriles is 4. The zero-order valence-corrected chi connectivity index (χ0v) is 9.22. The van der Waals surface area contributed by atoms with E-state index in [-0.39, 0.29) is 0 Å². The smallest absolute Gasteiger partial charge is 0.193 e. The van der Waals surface area contributed by atoms with Crippen molar-refractivity contribution in [1.29, 1.82) is 21.0 Å². The van der Waals surface area contributed by atoms with Crippen LogP contribution in [-0.2, 0) is 0 Å². The van der Waals surface area contributed by atoms with E-state index in [1.54, 1.807) is 0 Å². The molecule has 4 nitrogen and oxygen atoms in total. The predicted molar refractivity (Wildman–Crippen MR) is 53.9 cm³/mol. The number of hydrogen-bond acceptors (Lipinski definition) is 5. The molecule has 0 bridgehead atoms. The second-order valence-electron chi connectivity index (χ2n) is 2.97. The minimum Gasteiger partial charge on any atom is -0.193 e. The van der Waals surface area contributed by atoms with Gasteiger partial charge in [-0.3, -0.25) is 0 Å². The Kier molecular flexibility index (Phi) is 3.67. The first kappa shape index (κ1) is 13.6. The first-order valence-electron chi connectivity index (χ1n) is 4.23. The molecular formula is C10HF3N4S. The predicted octanol–water partition coefficient (Wildman–Crippen LogP) is 2.31. The van der Waals surface area contributed by atoms with E-state index in [9.17, 15) is 13.2 Å². The van der Waals surface area contributed by atoms with Crippen molar-refractivity contribution < 1.29 is 13.2 Å². The average Bonchev–Trinajstić information content (AvgIpc) is 2.58. The van der Waals surface area contributed by atoms with E-state index < -0.39 is 44.8 Å². The van der Waals surface area contributed by atoms with Crippen LogP contribution >= 0.6 is 11.8 Å². The lowest BCUT2D eigenvalue weighted by Gasteiger charge is -2.12. The maximum absolute atomic E-state index is 12.3. The molecule has 0 radical (unpaired) electrons. The van der Waals surface area contributed by atoms with Crippen LogP contribution in [-0.4, -0.2) is 10.8 Å². The van der Waals surface area contributed by atoms with Crippen LogP contribution in [0.1, 0.15) is 0 Å². The topological polar surface area (TPSA) is 95.2 Å². The highest BCUT2D eigenvalue weighted by Gasteiger charge is 2.43. The van der Waals surface area contributed by atoms with Gasteiger partial charge in [0.05, 0.1) is 39.7 Å². The van der Waals surface area contributed by atoms with Gasteiger partial charge in [-0.05, 0) is 11.8 Å². The van der Waals surface area contributed by atoms with Crippen LogP contribution in [0.15, 0.2) is 22.3 Å². The Morgan fingerprint density at radius 2 is 1.22 bits per heavy atom. The molecule has 1 aliphatic carbocycles. The standard InChI is InChI=1S/C10HF3N4S/c11-10(12,13)18-9-7(3-16)5(1-14)6(2-15)8(9)4-17/h9H. The maximum atomic E-state index is 12.3. The summed E-state index contributed by atoms with van der Waals surface area (Å²) in [6.45, 7) is 0. The molecule has 0 aromatic carbocycles. The summed E-state index contributed by atoms with van der Waals surface area (Å²) >= 11 is -0.595. The van der Waals surface area contributed by atoms with Crippen molar-refractivity contribution in [2.24, 2.45) is 0 Å². The molecule has 88 valence electrons. The molecule has 0 saturated carbocycles. The van der Waals surface area contributed by atoms with Gasteiger partial charge in [0, 0.05) is 0 Å². The van der Waals surface area contributed by atoms with Crippen LogP contribution in [0.25, 0.3) is 0 Å². The molecule has 0 aromatic rings. The molecule has 8 heteroatoms. The summed E-state index contributed by atoms with van der Waals surface area (Å²) in [6, 6.07) is 5.90. The largest absolute Gasteiger partial charge is 0.442 e. The summed E-state index contributed by atoms with van der Waals surface area (Å²) in [5.74, 6) is 0. The highest BCUT2D eigenvalue weighted by Crippen LogP contribution is 2.45. The summed E-state index contributed by atoms with van der Waals surface area (Å²) < 4.78 is 37.0. The Balaban J connectivity index is 3.44. The van der Waals surface area contributed by atoms with E-state index in [1.807, 2.05) is 0 Å². The lowest BCUT2D eigenvalue weighted by molar-refractivity contribution is -0.0329. The third-order valence-electron chi connectivity index (χ3n) is 2.03. The fourth-order valence-electron chi connectivity index (χ4n) is 1.39. The second-order valence-corrected chi connectivity index (χ2v) is 4.14. The number of nitrogens with zero attached hydrogens (tertiary/aromatic N) is 4. The molecule has 0 fully saturated rings. The SMILES string of the molecule is N#CC1=C(C#N)C(SC(F)(F)F)C(C#N)=C1C#N. The van der Waals surface area contributed by atoms with Crippen molar-refractivity contribution in [2.45, 2.75) is 10.8 Å². The minimum atomic E-state index is -4.68. The molecule has 0 N–H and O–H groups in total. The van der Waals surface area contributed by atoms with Crippen LogP contribution in [0, 0.1) is 45.3 Å². The van der Waals surface area contributed by atoms with Crippen LogP contribution in [0.4, 0.5) is 13.2 Å². The van der Waals surface area contributed by atoms with Gasteiger partial charge in [-0.1, -0.05) is 0 Å². The lowest BCUT2D eigenvalue weighted by atomic mass is 10.1. The fraction of sp³-hybridized carbons (Fsp3) is 0.200. The molecule has 0 atom stereocenters. The average molecular weight is 266 g/mol. The molecule has 18 heavy (non-hydrogen) atoms. The maximum Gasteiger partial charge on any atom is 0.442 e. The Morgan fingerprint density at radius 1 is 0.833 bits per heavy atom. The van der Waals surface area contributed by atoms with Crippen LogP contribution < -0.4 is 0 Å². The van der Waals surface area contributed by atoms with Gasteiger partial charge in [0.2, 0.25) is 0 Å². The first-order valence-corrected chi connectivity index (χ1v) is 5.11. The van der Waals surface area contributed by atoms with E-state index in [2.05, 4.69) is 0 Å². The Morgan fingerprint density at radius 3 is 1.44 bits per heavy atom. The highest BCUT2D eigenvalue weighted by molar-refractivity contribution is 8.01. The summed E-state index contributed by atoms with van der Waals surface area (Å²) in [5.41, 5.74) is -6.61. The Labute approximate surface area is 104 Å². The summed E-state index contributed by atoms with van der Waals surface area (Å²) in [5, 5.41) is 33.4. The Bertz CT molecular complexity index is 568. The van der Waals surface area contributed by atoms with Crippen LogP contribution in [0.2, 0.25) is 0 Å². The molecular weight excluding hydrogens is 265 g/mol. The van der Waals surface area contributed by atoms with Gasteiger partial charge >= 0.3 is 5.51 Å². The van der Waals surface area contributed by atoms with Gasteiger partial charge in [0.15, 0.2) is 0 Å². The summed E-state index contributed by atoms with van der Waals surface area (Å²) in [6.07, 6.45) is 0. The van der Waals surface area contributed by atoms with E-state index in [1.165, 1.54) is 24.3 Å². The van der Waals surface area contributed by atoms with E-state index in [0.29, 0.717) is 0 Å². The zero-order chi connectivity index (χ0) is 13.9. The third-order valence-corrected chi connectivity index (χ3v) is 3.00. The molecule has 1 aliphatic rings. The Hall–Kier alpha value is -2.42. The van der Waals surface area contributed by atoms with Gasteiger partial charge in [-0.25, -0.2) is 0 Å². The second kappa shape index (κ2) is 4.84. The summed E-state index contributed by atoms with van der Waals surface area (Å²) in [7, 11) is 0. The monoisotopic (exact) mass is 266 g/mol. The molecule has 0 aromatic heterocycles. The van der Waals surface area contributed by atoms with Gasteiger partial charge in [0.25, 0.3) is 0 Å². The normalized spacial score (nSPS) is 15.9. The third kappa shape index (κ3) is 2.30. The van der Waals surface area contributed by atoms with Gasteiger partial charge in [0.1, 0.15) is 12.1 Å². The van der Waals surface area contributed by atoms with Crippen LogP contribution in [0.3, 0.4) is 0 Å². The first-order chi connectivity index (χ1) is 8.39. The molecule has 1 rings (SSSR count). The molecule has 0 aliphatic heterocycles. The van der Waals surface area contributed by atoms with E-state index in [0.717, 1.165) is 0 Å². The number of rotatable bonds is 1. The van der Waals surface area contributed by atoms with Gasteiger partial charge < -0.3 is 0 Å². The quantitative estimate of drug-likeness (QED) is 0.725. The molecule has 0 amide bonds. The zero-order valence-electron chi connectivity index (χ0n) is 8.41.